The van der Waals surface area contributed by atoms with Crippen LogP contribution in [-0.4, -0.2) is 15.3 Å². The van der Waals surface area contributed by atoms with E-state index in [4.69, 9.17) is 10.2 Å². The molecule has 5 heteroatoms. The number of nitrogens with zero attached hydrogens (tertiary/aromatic N) is 2. The van der Waals surface area contributed by atoms with Crippen molar-refractivity contribution >= 4 is 11.4 Å². The number of amides is 1. The molecular weight excluding hydrogens is 242 g/mol. The highest BCUT2D eigenvalue weighted by molar-refractivity contribution is 5.97. The lowest BCUT2D eigenvalue weighted by atomic mass is 10.2. The van der Waals surface area contributed by atoms with Crippen LogP contribution in [-0.2, 0) is 12.8 Å². The molecule has 0 aliphatic heterocycles. The normalized spacial score (nSPS) is 10.9. The standard InChI is InChI=1S/C14H13N3O2/c15-14(18)13-11-5-1-2-8-17(11)12(16-13)7-6-10-4-3-9-19-10/h1-5,8-9H,6-7H2,(H2,15,18). The van der Waals surface area contributed by atoms with Crippen molar-refractivity contribution in [2.75, 3.05) is 0 Å². The first-order chi connectivity index (χ1) is 9.25. The summed E-state index contributed by atoms with van der Waals surface area (Å²) < 4.78 is 7.18. The van der Waals surface area contributed by atoms with Crippen LogP contribution >= 0.6 is 0 Å². The highest BCUT2D eigenvalue weighted by atomic mass is 16.3. The van der Waals surface area contributed by atoms with Gasteiger partial charge >= 0.3 is 0 Å². The molecule has 3 rings (SSSR count). The molecule has 3 aromatic heterocycles. The van der Waals surface area contributed by atoms with Gasteiger partial charge in [-0.15, -0.1) is 0 Å². The second kappa shape index (κ2) is 4.61. The number of nitrogens with two attached hydrogens (primary N) is 1. The minimum absolute atomic E-state index is 0.315. The summed E-state index contributed by atoms with van der Waals surface area (Å²) in [6.07, 6.45) is 4.95. The van der Waals surface area contributed by atoms with E-state index < -0.39 is 5.91 Å². The maximum absolute atomic E-state index is 11.4. The van der Waals surface area contributed by atoms with Crippen molar-refractivity contribution in [3.63, 3.8) is 0 Å². The fourth-order valence-electron chi connectivity index (χ4n) is 2.15. The summed E-state index contributed by atoms with van der Waals surface area (Å²) >= 11 is 0. The SMILES string of the molecule is NC(=O)c1nc(CCc2ccco2)n2ccccc12. The molecule has 0 aliphatic carbocycles. The van der Waals surface area contributed by atoms with Crippen LogP contribution in [0.15, 0.2) is 47.2 Å². The minimum atomic E-state index is -0.507. The van der Waals surface area contributed by atoms with E-state index in [9.17, 15) is 4.79 Å². The number of furan rings is 1. The van der Waals surface area contributed by atoms with Gasteiger partial charge in [-0.1, -0.05) is 6.07 Å². The van der Waals surface area contributed by atoms with Crippen molar-refractivity contribution in [3.8, 4) is 0 Å². The van der Waals surface area contributed by atoms with Gasteiger partial charge in [0.2, 0.25) is 0 Å². The van der Waals surface area contributed by atoms with E-state index in [1.807, 2.05) is 40.9 Å². The van der Waals surface area contributed by atoms with E-state index in [2.05, 4.69) is 4.98 Å². The zero-order chi connectivity index (χ0) is 13.2. The summed E-state index contributed by atoms with van der Waals surface area (Å²) in [5.41, 5.74) is 6.41. The molecule has 5 nitrogen and oxygen atoms in total. The number of aromatic nitrogens is 2. The van der Waals surface area contributed by atoms with Crippen LogP contribution in [0.2, 0.25) is 0 Å². The lowest BCUT2D eigenvalue weighted by Gasteiger charge is -1.99. The Kier molecular flexibility index (Phi) is 2.79. The first kappa shape index (κ1) is 11.5. The third kappa shape index (κ3) is 2.10. The number of primary amides is 1. The van der Waals surface area contributed by atoms with E-state index in [1.54, 1.807) is 6.26 Å². The van der Waals surface area contributed by atoms with Gasteiger partial charge in [-0.25, -0.2) is 4.98 Å². The maximum Gasteiger partial charge on any atom is 0.269 e. The first-order valence-electron chi connectivity index (χ1n) is 6.04. The number of fused-ring (bicyclic) bond motifs is 1. The molecule has 3 aromatic rings. The Balaban J connectivity index is 1.97. The van der Waals surface area contributed by atoms with E-state index >= 15 is 0 Å². The third-order valence-electron chi connectivity index (χ3n) is 3.03. The van der Waals surface area contributed by atoms with E-state index in [1.165, 1.54) is 0 Å². The van der Waals surface area contributed by atoms with Gasteiger partial charge in [0.1, 0.15) is 11.6 Å². The van der Waals surface area contributed by atoms with Crippen molar-refractivity contribution in [2.45, 2.75) is 12.8 Å². The third-order valence-corrected chi connectivity index (χ3v) is 3.03. The predicted molar refractivity (Wildman–Crippen MR) is 69.8 cm³/mol. The molecule has 0 unspecified atom stereocenters. The molecule has 0 atom stereocenters. The van der Waals surface area contributed by atoms with Crippen LogP contribution in [0, 0.1) is 0 Å². The van der Waals surface area contributed by atoms with Gasteiger partial charge < -0.3 is 14.6 Å². The van der Waals surface area contributed by atoms with Crippen LogP contribution in [0.5, 0.6) is 0 Å². The van der Waals surface area contributed by atoms with Crippen LogP contribution < -0.4 is 5.73 Å². The highest BCUT2D eigenvalue weighted by Gasteiger charge is 2.14. The lowest BCUT2D eigenvalue weighted by Crippen LogP contribution is -2.11. The average molecular weight is 255 g/mol. The minimum Gasteiger partial charge on any atom is -0.469 e. The molecule has 0 aromatic carbocycles. The van der Waals surface area contributed by atoms with Crippen molar-refractivity contribution in [2.24, 2.45) is 5.73 Å². The van der Waals surface area contributed by atoms with Crippen molar-refractivity contribution in [1.82, 2.24) is 9.38 Å². The molecule has 1 amide bonds. The van der Waals surface area contributed by atoms with Crippen LogP contribution in [0.4, 0.5) is 0 Å². The van der Waals surface area contributed by atoms with Crippen molar-refractivity contribution in [3.05, 3.63) is 60.1 Å². The number of aryl methyl sites for hydroxylation is 2. The topological polar surface area (TPSA) is 73.5 Å². The summed E-state index contributed by atoms with van der Waals surface area (Å²) in [6, 6.07) is 9.37. The number of hydrogen-bond acceptors (Lipinski definition) is 3. The van der Waals surface area contributed by atoms with Crippen LogP contribution in [0.25, 0.3) is 5.52 Å². The van der Waals surface area contributed by atoms with E-state index in [0.29, 0.717) is 12.1 Å². The molecular formula is C14H13N3O2. The van der Waals surface area contributed by atoms with Crippen molar-refractivity contribution < 1.29 is 9.21 Å². The van der Waals surface area contributed by atoms with Gasteiger partial charge in [0.15, 0.2) is 5.69 Å². The van der Waals surface area contributed by atoms with Crippen LogP contribution in [0.1, 0.15) is 22.1 Å². The molecule has 19 heavy (non-hydrogen) atoms. The molecule has 0 saturated heterocycles. The Morgan fingerprint density at radius 1 is 1.26 bits per heavy atom. The molecule has 0 fully saturated rings. The number of imidazole rings is 1. The largest absolute Gasteiger partial charge is 0.469 e. The first-order valence-corrected chi connectivity index (χ1v) is 6.04. The Morgan fingerprint density at radius 2 is 2.16 bits per heavy atom. The average Bonchev–Trinajstić information content (AvgIpc) is 3.04. The lowest BCUT2D eigenvalue weighted by molar-refractivity contribution is 0.0997. The van der Waals surface area contributed by atoms with Crippen molar-refractivity contribution in [1.29, 1.82) is 0 Å². The summed E-state index contributed by atoms with van der Waals surface area (Å²) in [6.45, 7) is 0. The number of carbonyl (C=O) groups is 1. The van der Waals surface area contributed by atoms with E-state index in [0.717, 1.165) is 23.5 Å². The van der Waals surface area contributed by atoms with Gasteiger partial charge in [-0.05, 0) is 24.3 Å². The fourth-order valence-corrected chi connectivity index (χ4v) is 2.15. The number of carbonyl (C=O) groups excluding carboxylic acids is 1. The quantitative estimate of drug-likeness (QED) is 0.772. The van der Waals surface area contributed by atoms with Gasteiger partial charge in [-0.3, -0.25) is 4.79 Å². The number of pyridine rings is 1. The van der Waals surface area contributed by atoms with E-state index in [-0.39, 0.29) is 0 Å². The highest BCUT2D eigenvalue weighted by Crippen LogP contribution is 2.14. The van der Waals surface area contributed by atoms with Gasteiger partial charge in [0.25, 0.3) is 5.91 Å². The smallest absolute Gasteiger partial charge is 0.269 e. The second-order valence-corrected chi connectivity index (χ2v) is 4.28. The molecule has 96 valence electrons. The summed E-state index contributed by atoms with van der Waals surface area (Å²) in [4.78, 5) is 15.7. The summed E-state index contributed by atoms with van der Waals surface area (Å²) in [7, 11) is 0. The van der Waals surface area contributed by atoms with Gasteiger partial charge in [0.05, 0.1) is 11.8 Å². The zero-order valence-corrected chi connectivity index (χ0v) is 10.2. The molecule has 0 spiro atoms. The van der Waals surface area contributed by atoms with Gasteiger partial charge in [-0.2, -0.15) is 0 Å². The number of rotatable bonds is 4. The Bertz CT molecular complexity index is 713. The summed E-state index contributed by atoms with van der Waals surface area (Å²) in [5.74, 6) is 1.20. The van der Waals surface area contributed by atoms with Crippen LogP contribution in [0.3, 0.4) is 0 Å². The monoisotopic (exact) mass is 255 g/mol. The summed E-state index contributed by atoms with van der Waals surface area (Å²) in [5, 5.41) is 0. The Morgan fingerprint density at radius 3 is 2.89 bits per heavy atom. The molecule has 3 heterocycles. The molecule has 0 aliphatic rings. The molecule has 0 bridgehead atoms. The Labute approximate surface area is 109 Å². The van der Waals surface area contributed by atoms with Gasteiger partial charge in [0, 0.05) is 19.0 Å². The predicted octanol–water partition coefficient (Wildman–Crippen LogP) is 1.81. The maximum atomic E-state index is 11.4. The Hall–Kier alpha value is -2.56. The number of hydrogen-bond donors (Lipinski definition) is 1. The molecule has 0 radical (unpaired) electrons. The molecule has 2 N–H and O–H groups in total. The molecule has 0 saturated carbocycles. The second-order valence-electron chi connectivity index (χ2n) is 4.28. The fraction of sp³-hybridized carbons (Fsp3) is 0.143. The zero-order valence-electron chi connectivity index (χ0n) is 10.2.